The van der Waals surface area contributed by atoms with E-state index in [9.17, 15) is 0 Å². The van der Waals surface area contributed by atoms with Crippen LogP contribution in [0.5, 0.6) is 0 Å². The van der Waals surface area contributed by atoms with Crippen LogP contribution in [-0.2, 0) is 13.5 Å². The van der Waals surface area contributed by atoms with Crippen LogP contribution in [-0.4, -0.2) is 9.78 Å². The topological polar surface area (TPSA) is 55.9 Å². The second-order valence-corrected chi connectivity index (χ2v) is 5.08. The van der Waals surface area contributed by atoms with Gasteiger partial charge in [0.2, 0.25) is 0 Å². The first-order valence-electron chi connectivity index (χ1n) is 5.90. The molecule has 0 amide bonds. The largest absolute Gasteiger partial charge is 0.273 e. The van der Waals surface area contributed by atoms with Gasteiger partial charge in [0.25, 0.3) is 0 Å². The van der Waals surface area contributed by atoms with Crippen LogP contribution in [0.4, 0.5) is 0 Å². The molecule has 1 heterocycles. The monoisotopic (exact) mass is 308 g/mol. The number of rotatable bonds is 5. The summed E-state index contributed by atoms with van der Waals surface area (Å²) >= 11 is 3.56. The number of hydrazine groups is 1. The van der Waals surface area contributed by atoms with Gasteiger partial charge in [-0.25, -0.2) is 0 Å². The quantitative estimate of drug-likeness (QED) is 0.658. The van der Waals surface area contributed by atoms with Crippen LogP contribution in [0, 0.1) is 0 Å². The summed E-state index contributed by atoms with van der Waals surface area (Å²) in [5.74, 6) is 5.66. The number of aryl methyl sites for hydroxylation is 2. The van der Waals surface area contributed by atoms with Gasteiger partial charge in [0.05, 0.1) is 0 Å². The molecule has 18 heavy (non-hydrogen) atoms. The van der Waals surface area contributed by atoms with Crippen molar-refractivity contribution in [3.05, 3.63) is 52.3 Å². The lowest BCUT2D eigenvalue weighted by Gasteiger charge is -2.17. The molecule has 0 aliphatic carbocycles. The molecule has 0 spiro atoms. The van der Waals surface area contributed by atoms with Crippen LogP contribution >= 0.6 is 15.9 Å². The Kier molecular flexibility index (Phi) is 4.52. The molecule has 4 nitrogen and oxygen atoms in total. The summed E-state index contributed by atoms with van der Waals surface area (Å²) in [6, 6.07) is 10.3. The van der Waals surface area contributed by atoms with Crippen molar-refractivity contribution in [1.29, 1.82) is 0 Å². The number of aromatic nitrogens is 2. The number of hydrogen-bond acceptors (Lipinski definition) is 3. The highest BCUT2D eigenvalue weighted by Gasteiger charge is 2.13. The number of halogens is 1. The molecule has 0 fully saturated rings. The Hall–Kier alpha value is -1.17. The zero-order valence-corrected chi connectivity index (χ0v) is 11.9. The lowest BCUT2D eigenvalue weighted by molar-refractivity contribution is 0.505. The van der Waals surface area contributed by atoms with E-state index in [2.05, 4.69) is 32.5 Å². The van der Waals surface area contributed by atoms with E-state index in [0.29, 0.717) is 0 Å². The van der Waals surface area contributed by atoms with Gasteiger partial charge in [0, 0.05) is 29.5 Å². The van der Waals surface area contributed by atoms with Gasteiger partial charge in [0.1, 0.15) is 0 Å². The van der Waals surface area contributed by atoms with E-state index in [1.807, 2.05) is 42.2 Å². The summed E-state index contributed by atoms with van der Waals surface area (Å²) in [7, 11) is 1.96. The molecule has 0 bridgehead atoms. The number of hydrogen-bond donors (Lipinski definition) is 2. The van der Waals surface area contributed by atoms with Crippen molar-refractivity contribution in [2.75, 3.05) is 0 Å². The van der Waals surface area contributed by atoms with Crippen LogP contribution in [0.2, 0.25) is 0 Å². The molecule has 2 rings (SSSR count). The van der Waals surface area contributed by atoms with Gasteiger partial charge < -0.3 is 0 Å². The fraction of sp³-hybridized carbons (Fsp3) is 0.308. The van der Waals surface area contributed by atoms with Gasteiger partial charge in [0.15, 0.2) is 0 Å². The zero-order chi connectivity index (χ0) is 13.0. The Bertz CT molecular complexity index is 509. The van der Waals surface area contributed by atoms with E-state index in [0.717, 1.165) is 17.3 Å². The minimum Gasteiger partial charge on any atom is -0.273 e. The molecule has 0 radical (unpaired) electrons. The summed E-state index contributed by atoms with van der Waals surface area (Å²) in [5.41, 5.74) is 5.27. The second-order valence-electron chi connectivity index (χ2n) is 4.23. The van der Waals surface area contributed by atoms with Crippen molar-refractivity contribution in [2.24, 2.45) is 12.9 Å². The Morgan fingerprint density at radius 1 is 1.39 bits per heavy atom. The molecule has 1 unspecified atom stereocenters. The summed E-state index contributed by atoms with van der Waals surface area (Å²) in [6.45, 7) is 0. The van der Waals surface area contributed by atoms with Gasteiger partial charge in [-0.15, -0.1) is 0 Å². The lowest BCUT2D eigenvalue weighted by Crippen LogP contribution is -2.28. The van der Waals surface area contributed by atoms with Crippen LogP contribution < -0.4 is 11.3 Å². The molecular formula is C13H17BrN4. The maximum absolute atomic E-state index is 5.66. The molecule has 1 aromatic heterocycles. The van der Waals surface area contributed by atoms with Gasteiger partial charge in [-0.3, -0.25) is 16.0 Å². The molecule has 0 aliphatic rings. The molecule has 1 atom stereocenters. The van der Waals surface area contributed by atoms with E-state index >= 15 is 0 Å². The maximum atomic E-state index is 5.66. The minimum absolute atomic E-state index is 0.135. The van der Waals surface area contributed by atoms with Gasteiger partial charge >= 0.3 is 0 Å². The van der Waals surface area contributed by atoms with Crippen LogP contribution in [0.3, 0.4) is 0 Å². The van der Waals surface area contributed by atoms with Crippen molar-refractivity contribution in [3.8, 4) is 0 Å². The summed E-state index contributed by atoms with van der Waals surface area (Å²) in [5, 5.41) is 4.17. The number of nitrogens with one attached hydrogen (secondary N) is 1. The van der Waals surface area contributed by atoms with Crippen LogP contribution in [0.1, 0.15) is 23.7 Å². The van der Waals surface area contributed by atoms with Gasteiger partial charge in [-0.2, -0.15) is 5.10 Å². The number of nitrogens with zero attached hydrogens (tertiary/aromatic N) is 2. The SMILES string of the molecule is Cn1nccc1CCC(NN)c1ccccc1Br. The van der Waals surface area contributed by atoms with Crippen molar-refractivity contribution in [1.82, 2.24) is 15.2 Å². The standard InChI is InChI=1S/C13H17BrN4/c1-18-10(8-9-16-18)6-7-13(17-15)11-4-2-3-5-12(11)14/h2-5,8-9,13,17H,6-7,15H2,1H3. The molecule has 5 heteroatoms. The molecule has 3 N–H and O–H groups in total. The third-order valence-electron chi connectivity index (χ3n) is 3.09. The molecule has 0 saturated carbocycles. The summed E-state index contributed by atoms with van der Waals surface area (Å²) in [4.78, 5) is 0. The third kappa shape index (κ3) is 2.98. The second kappa shape index (κ2) is 6.13. The Labute approximate surface area is 115 Å². The highest BCUT2D eigenvalue weighted by molar-refractivity contribution is 9.10. The smallest absolute Gasteiger partial charge is 0.0492 e. The predicted octanol–water partition coefficient (Wildman–Crippen LogP) is 2.32. The first-order valence-corrected chi connectivity index (χ1v) is 6.69. The molecule has 0 aliphatic heterocycles. The van der Waals surface area contributed by atoms with Crippen molar-refractivity contribution >= 4 is 15.9 Å². The highest BCUT2D eigenvalue weighted by atomic mass is 79.9. The first kappa shape index (κ1) is 13.3. The van der Waals surface area contributed by atoms with Crippen molar-refractivity contribution < 1.29 is 0 Å². The van der Waals surface area contributed by atoms with E-state index in [1.54, 1.807) is 0 Å². The normalized spacial score (nSPS) is 12.6. The van der Waals surface area contributed by atoms with E-state index in [1.165, 1.54) is 11.3 Å². The van der Waals surface area contributed by atoms with E-state index in [-0.39, 0.29) is 6.04 Å². The zero-order valence-electron chi connectivity index (χ0n) is 10.3. The first-order chi connectivity index (χ1) is 8.72. The predicted molar refractivity (Wildman–Crippen MR) is 75.7 cm³/mol. The molecule has 1 aromatic carbocycles. The van der Waals surface area contributed by atoms with E-state index in [4.69, 9.17) is 5.84 Å². The lowest BCUT2D eigenvalue weighted by atomic mass is 10.0. The Morgan fingerprint density at radius 3 is 2.78 bits per heavy atom. The fourth-order valence-corrected chi connectivity index (χ4v) is 2.59. The van der Waals surface area contributed by atoms with Crippen molar-refractivity contribution in [2.45, 2.75) is 18.9 Å². The molecular weight excluding hydrogens is 292 g/mol. The Balaban J connectivity index is 2.07. The number of nitrogens with two attached hydrogens (primary N) is 1. The summed E-state index contributed by atoms with van der Waals surface area (Å²) in [6.07, 6.45) is 3.68. The highest BCUT2D eigenvalue weighted by Crippen LogP contribution is 2.25. The van der Waals surface area contributed by atoms with Crippen LogP contribution in [0.15, 0.2) is 41.0 Å². The minimum atomic E-state index is 0.135. The van der Waals surface area contributed by atoms with Gasteiger partial charge in [-0.05, 0) is 30.5 Å². The number of benzene rings is 1. The van der Waals surface area contributed by atoms with E-state index < -0.39 is 0 Å². The summed E-state index contributed by atoms with van der Waals surface area (Å²) < 4.78 is 2.98. The average Bonchev–Trinajstić information content (AvgIpc) is 2.78. The Morgan fingerprint density at radius 2 is 2.17 bits per heavy atom. The molecule has 0 saturated heterocycles. The van der Waals surface area contributed by atoms with Crippen molar-refractivity contribution in [3.63, 3.8) is 0 Å². The van der Waals surface area contributed by atoms with Crippen LogP contribution in [0.25, 0.3) is 0 Å². The molecule has 2 aromatic rings. The molecule has 96 valence electrons. The third-order valence-corrected chi connectivity index (χ3v) is 3.82. The maximum Gasteiger partial charge on any atom is 0.0492 e. The van der Waals surface area contributed by atoms with Gasteiger partial charge in [-0.1, -0.05) is 34.1 Å². The fourth-order valence-electron chi connectivity index (χ4n) is 2.03. The average molecular weight is 309 g/mol.